The topological polar surface area (TPSA) is 28.4 Å². The standard InChI is InChI=1S/C15H24N2O/c1-2-13-5-6-15(18-13)14(11-12-3-4-12)17-9-7-16-8-10-17/h5-6,12,14,16H,2-4,7-11H2,1H3/t14-/m0/s1. The Hall–Kier alpha value is -0.800. The third-order valence-electron chi connectivity index (χ3n) is 4.21. The fourth-order valence-electron chi connectivity index (χ4n) is 2.87. The van der Waals surface area contributed by atoms with Gasteiger partial charge in [-0.15, -0.1) is 0 Å². The van der Waals surface area contributed by atoms with Crippen LogP contribution in [0, 0.1) is 5.92 Å². The monoisotopic (exact) mass is 248 g/mol. The molecule has 1 atom stereocenters. The molecule has 0 unspecified atom stereocenters. The Balaban J connectivity index is 1.74. The van der Waals surface area contributed by atoms with Crippen LogP contribution in [-0.2, 0) is 6.42 Å². The van der Waals surface area contributed by atoms with Crippen LogP contribution in [-0.4, -0.2) is 31.1 Å². The molecule has 1 N–H and O–H groups in total. The molecule has 0 amide bonds. The lowest BCUT2D eigenvalue weighted by Crippen LogP contribution is -2.45. The third kappa shape index (κ3) is 2.78. The summed E-state index contributed by atoms with van der Waals surface area (Å²) >= 11 is 0. The maximum absolute atomic E-state index is 6.01. The van der Waals surface area contributed by atoms with Crippen LogP contribution in [0.25, 0.3) is 0 Å². The van der Waals surface area contributed by atoms with Crippen LogP contribution >= 0.6 is 0 Å². The largest absolute Gasteiger partial charge is 0.464 e. The highest BCUT2D eigenvalue weighted by atomic mass is 16.3. The van der Waals surface area contributed by atoms with Crippen LogP contribution in [0.15, 0.2) is 16.5 Å². The van der Waals surface area contributed by atoms with Gasteiger partial charge in [0, 0.05) is 32.6 Å². The summed E-state index contributed by atoms with van der Waals surface area (Å²) in [6.07, 6.45) is 5.13. The second-order valence-corrected chi connectivity index (χ2v) is 5.64. The van der Waals surface area contributed by atoms with Crippen molar-refractivity contribution in [1.29, 1.82) is 0 Å². The SMILES string of the molecule is CCc1ccc([C@H](CC2CC2)N2CCNCC2)o1. The highest BCUT2D eigenvalue weighted by molar-refractivity contribution is 5.12. The average molecular weight is 248 g/mol. The van der Waals surface area contributed by atoms with E-state index in [1.807, 2.05) is 0 Å². The average Bonchev–Trinajstić information content (AvgIpc) is 3.12. The van der Waals surface area contributed by atoms with Crippen molar-refractivity contribution in [3.05, 3.63) is 23.7 Å². The molecular formula is C15H24N2O. The zero-order valence-electron chi connectivity index (χ0n) is 11.3. The molecule has 100 valence electrons. The minimum Gasteiger partial charge on any atom is -0.464 e. The van der Waals surface area contributed by atoms with Crippen LogP contribution < -0.4 is 5.32 Å². The smallest absolute Gasteiger partial charge is 0.121 e. The summed E-state index contributed by atoms with van der Waals surface area (Å²) in [6.45, 7) is 6.69. The number of hydrogen-bond acceptors (Lipinski definition) is 3. The van der Waals surface area contributed by atoms with Crippen molar-refractivity contribution in [3.8, 4) is 0 Å². The van der Waals surface area contributed by atoms with E-state index in [1.54, 1.807) is 0 Å². The predicted octanol–water partition coefficient (Wildman–Crippen LogP) is 2.59. The van der Waals surface area contributed by atoms with E-state index < -0.39 is 0 Å². The molecular weight excluding hydrogens is 224 g/mol. The first-order valence-corrected chi connectivity index (χ1v) is 7.40. The number of nitrogens with one attached hydrogen (secondary N) is 1. The first kappa shape index (κ1) is 12.2. The number of hydrogen-bond donors (Lipinski definition) is 1. The van der Waals surface area contributed by atoms with Gasteiger partial charge < -0.3 is 9.73 Å². The Morgan fingerprint density at radius 2 is 2.11 bits per heavy atom. The second-order valence-electron chi connectivity index (χ2n) is 5.64. The molecule has 3 rings (SSSR count). The van der Waals surface area contributed by atoms with E-state index in [-0.39, 0.29) is 0 Å². The molecule has 18 heavy (non-hydrogen) atoms. The molecule has 1 aromatic heterocycles. The van der Waals surface area contributed by atoms with Crippen LogP contribution in [0.1, 0.15) is 43.7 Å². The molecule has 2 heterocycles. The minimum atomic E-state index is 0.514. The Bertz CT molecular complexity index is 378. The van der Waals surface area contributed by atoms with Gasteiger partial charge in [-0.05, 0) is 24.5 Å². The van der Waals surface area contributed by atoms with E-state index in [1.165, 1.54) is 25.0 Å². The van der Waals surface area contributed by atoms with Crippen LogP contribution in [0.2, 0.25) is 0 Å². The Kier molecular flexibility index (Phi) is 3.71. The molecule has 2 fully saturated rings. The van der Waals surface area contributed by atoms with E-state index in [2.05, 4.69) is 29.3 Å². The Morgan fingerprint density at radius 3 is 2.72 bits per heavy atom. The summed E-state index contributed by atoms with van der Waals surface area (Å²) in [6, 6.07) is 4.87. The van der Waals surface area contributed by atoms with Crippen molar-refractivity contribution >= 4 is 0 Å². The normalized spacial score (nSPS) is 23.2. The van der Waals surface area contributed by atoms with Crippen molar-refractivity contribution in [1.82, 2.24) is 10.2 Å². The molecule has 3 heteroatoms. The van der Waals surface area contributed by atoms with Gasteiger partial charge in [-0.2, -0.15) is 0 Å². The van der Waals surface area contributed by atoms with E-state index in [4.69, 9.17) is 4.42 Å². The molecule has 0 aromatic carbocycles. The van der Waals surface area contributed by atoms with Crippen LogP contribution in [0.4, 0.5) is 0 Å². The minimum absolute atomic E-state index is 0.514. The Labute approximate surface area is 110 Å². The lowest BCUT2D eigenvalue weighted by atomic mass is 10.1. The van der Waals surface area contributed by atoms with Gasteiger partial charge in [0.15, 0.2) is 0 Å². The van der Waals surface area contributed by atoms with Gasteiger partial charge in [0.2, 0.25) is 0 Å². The van der Waals surface area contributed by atoms with Gasteiger partial charge >= 0.3 is 0 Å². The fourth-order valence-corrected chi connectivity index (χ4v) is 2.87. The lowest BCUT2D eigenvalue weighted by molar-refractivity contribution is 0.140. The van der Waals surface area contributed by atoms with Gasteiger partial charge in [0.1, 0.15) is 11.5 Å². The van der Waals surface area contributed by atoms with Gasteiger partial charge in [0.05, 0.1) is 6.04 Å². The van der Waals surface area contributed by atoms with Crippen LogP contribution in [0.5, 0.6) is 0 Å². The molecule has 3 nitrogen and oxygen atoms in total. The van der Waals surface area contributed by atoms with Crippen molar-refractivity contribution in [2.45, 2.75) is 38.6 Å². The molecule has 2 aliphatic rings. The summed E-state index contributed by atoms with van der Waals surface area (Å²) in [4.78, 5) is 2.60. The van der Waals surface area contributed by atoms with Crippen LogP contribution in [0.3, 0.4) is 0 Å². The molecule has 1 aliphatic heterocycles. The maximum Gasteiger partial charge on any atom is 0.121 e. The number of furan rings is 1. The summed E-state index contributed by atoms with van der Waals surface area (Å²) in [5, 5.41) is 3.43. The van der Waals surface area contributed by atoms with Gasteiger partial charge in [-0.1, -0.05) is 19.8 Å². The molecule has 1 aromatic rings. The van der Waals surface area contributed by atoms with Crippen molar-refractivity contribution in [3.63, 3.8) is 0 Å². The molecule has 0 radical (unpaired) electrons. The van der Waals surface area contributed by atoms with Gasteiger partial charge in [-0.3, -0.25) is 4.90 Å². The lowest BCUT2D eigenvalue weighted by Gasteiger charge is -2.34. The highest BCUT2D eigenvalue weighted by Crippen LogP contribution is 2.40. The van der Waals surface area contributed by atoms with E-state index >= 15 is 0 Å². The molecule has 0 spiro atoms. The predicted molar refractivity (Wildman–Crippen MR) is 72.6 cm³/mol. The quantitative estimate of drug-likeness (QED) is 0.868. The van der Waals surface area contributed by atoms with Crippen molar-refractivity contribution in [2.75, 3.05) is 26.2 Å². The first-order chi connectivity index (χ1) is 8.86. The van der Waals surface area contributed by atoms with E-state index in [0.29, 0.717) is 6.04 Å². The summed E-state index contributed by atoms with van der Waals surface area (Å²) in [5.74, 6) is 3.27. The third-order valence-corrected chi connectivity index (χ3v) is 4.21. The molecule has 1 saturated heterocycles. The second kappa shape index (κ2) is 5.45. The number of nitrogens with zero attached hydrogens (tertiary/aromatic N) is 1. The molecule has 1 aliphatic carbocycles. The summed E-state index contributed by atoms with van der Waals surface area (Å²) in [5.41, 5.74) is 0. The Morgan fingerprint density at radius 1 is 1.33 bits per heavy atom. The zero-order chi connectivity index (χ0) is 12.4. The first-order valence-electron chi connectivity index (χ1n) is 7.40. The van der Waals surface area contributed by atoms with Gasteiger partial charge in [0.25, 0.3) is 0 Å². The molecule has 1 saturated carbocycles. The van der Waals surface area contributed by atoms with E-state index in [0.717, 1.165) is 44.3 Å². The number of rotatable bonds is 5. The fraction of sp³-hybridized carbons (Fsp3) is 0.733. The van der Waals surface area contributed by atoms with Crippen molar-refractivity contribution < 1.29 is 4.42 Å². The van der Waals surface area contributed by atoms with E-state index in [9.17, 15) is 0 Å². The number of aryl methyl sites for hydroxylation is 1. The zero-order valence-corrected chi connectivity index (χ0v) is 11.3. The summed E-state index contributed by atoms with van der Waals surface area (Å²) < 4.78 is 6.01. The highest BCUT2D eigenvalue weighted by Gasteiger charge is 2.32. The maximum atomic E-state index is 6.01. The van der Waals surface area contributed by atoms with Crippen molar-refractivity contribution in [2.24, 2.45) is 5.92 Å². The number of piperazine rings is 1. The van der Waals surface area contributed by atoms with Gasteiger partial charge in [-0.25, -0.2) is 0 Å². The summed E-state index contributed by atoms with van der Waals surface area (Å²) in [7, 11) is 0. The molecule has 0 bridgehead atoms.